The molecule has 0 bridgehead atoms. The van der Waals surface area contributed by atoms with Crippen LogP contribution in [0, 0.1) is 22.0 Å². The second-order valence-corrected chi connectivity index (χ2v) is 3.18. The topological polar surface area (TPSA) is 73.1 Å². The van der Waals surface area contributed by atoms with Gasteiger partial charge in [-0.2, -0.15) is 0 Å². The Labute approximate surface area is 96.2 Å². The van der Waals surface area contributed by atoms with E-state index in [4.69, 9.17) is 0 Å². The van der Waals surface area contributed by atoms with Crippen molar-refractivity contribution in [2.75, 3.05) is 0 Å². The van der Waals surface area contributed by atoms with Gasteiger partial charge in [0.05, 0.1) is 21.4 Å². The van der Waals surface area contributed by atoms with E-state index < -0.39 is 4.92 Å². The van der Waals surface area contributed by atoms with Gasteiger partial charge < -0.3 is 0 Å². The van der Waals surface area contributed by atoms with Crippen molar-refractivity contribution in [2.24, 2.45) is 0 Å². The predicted octanol–water partition coefficient (Wildman–Crippen LogP) is 1.69. The summed E-state index contributed by atoms with van der Waals surface area (Å²) in [6, 6.07) is 6.07. The number of aromatic nitrogens is 1. The van der Waals surface area contributed by atoms with E-state index in [2.05, 4.69) is 16.8 Å². The van der Waals surface area contributed by atoms with Crippen LogP contribution < -0.4 is 0 Å². The second-order valence-electron chi connectivity index (χ2n) is 3.18. The van der Waals surface area contributed by atoms with E-state index in [1.807, 2.05) is 0 Å². The van der Waals surface area contributed by atoms with Gasteiger partial charge in [0.15, 0.2) is 6.29 Å². The molecule has 2 rings (SSSR count). The fourth-order valence-corrected chi connectivity index (χ4v) is 1.52. The van der Waals surface area contributed by atoms with Crippen LogP contribution in [0.25, 0.3) is 10.9 Å². The summed E-state index contributed by atoms with van der Waals surface area (Å²) in [4.78, 5) is 24.6. The molecule has 1 heterocycles. The molecule has 82 valence electrons. The maximum Gasteiger partial charge on any atom is 0.278 e. The van der Waals surface area contributed by atoms with E-state index >= 15 is 0 Å². The van der Waals surface area contributed by atoms with Crippen molar-refractivity contribution in [2.45, 2.75) is 0 Å². The molecule has 0 radical (unpaired) electrons. The van der Waals surface area contributed by atoms with Crippen molar-refractivity contribution >= 4 is 22.9 Å². The molecule has 0 unspecified atom stereocenters. The van der Waals surface area contributed by atoms with Crippen LogP contribution in [0.1, 0.15) is 5.56 Å². The van der Waals surface area contributed by atoms with Crippen LogP contribution in [0.15, 0.2) is 30.5 Å². The molecule has 0 saturated carbocycles. The van der Waals surface area contributed by atoms with Gasteiger partial charge in [0, 0.05) is 12.3 Å². The van der Waals surface area contributed by atoms with Gasteiger partial charge in [0.1, 0.15) is 0 Å². The van der Waals surface area contributed by atoms with Gasteiger partial charge >= 0.3 is 0 Å². The van der Waals surface area contributed by atoms with Crippen molar-refractivity contribution in [3.8, 4) is 11.8 Å². The zero-order chi connectivity index (χ0) is 12.3. The number of carbonyl (C=O) groups is 1. The Morgan fingerprint density at radius 1 is 1.35 bits per heavy atom. The van der Waals surface area contributed by atoms with Gasteiger partial charge in [0.25, 0.3) is 5.69 Å². The van der Waals surface area contributed by atoms with Gasteiger partial charge in [-0.05, 0) is 24.1 Å². The molecule has 1 aromatic heterocycles. The fraction of sp³-hybridized carbons (Fsp3) is 0. The molecule has 0 aliphatic heterocycles. The third-order valence-corrected chi connectivity index (χ3v) is 2.21. The number of nitro groups is 1. The number of nitrogens with zero attached hydrogens (tertiary/aromatic N) is 2. The lowest BCUT2D eigenvalue weighted by atomic mass is 10.1. The molecule has 0 spiro atoms. The molecule has 17 heavy (non-hydrogen) atoms. The number of carbonyl (C=O) groups excluding carboxylic acids is 1. The third kappa shape index (κ3) is 1.96. The van der Waals surface area contributed by atoms with Crippen LogP contribution in [0.2, 0.25) is 0 Å². The number of benzene rings is 1. The lowest BCUT2D eigenvalue weighted by Crippen LogP contribution is -1.92. The van der Waals surface area contributed by atoms with Crippen LogP contribution in [-0.2, 0) is 4.79 Å². The number of pyridine rings is 1. The van der Waals surface area contributed by atoms with Gasteiger partial charge in [-0.1, -0.05) is 5.92 Å². The first-order valence-electron chi connectivity index (χ1n) is 4.71. The predicted molar refractivity (Wildman–Crippen MR) is 61.3 cm³/mol. The second kappa shape index (κ2) is 4.41. The zero-order valence-corrected chi connectivity index (χ0v) is 8.58. The van der Waals surface area contributed by atoms with Crippen LogP contribution in [0.5, 0.6) is 0 Å². The molecule has 0 saturated heterocycles. The molecule has 0 N–H and O–H groups in total. The summed E-state index contributed by atoms with van der Waals surface area (Å²) in [5, 5.41) is 11.2. The lowest BCUT2D eigenvalue weighted by Gasteiger charge is -2.00. The number of nitro benzene ring substituents is 1. The summed E-state index contributed by atoms with van der Waals surface area (Å²) < 4.78 is 0. The SMILES string of the molecule is O=CC#Cc1ccc([N+](=O)[O-])c2cccnc12. The zero-order valence-electron chi connectivity index (χ0n) is 8.58. The molecule has 0 fully saturated rings. The average molecular weight is 226 g/mol. The molecule has 0 amide bonds. The maximum atomic E-state index is 10.8. The summed E-state index contributed by atoms with van der Waals surface area (Å²) in [6.07, 6.45) is 1.99. The smallest absolute Gasteiger partial charge is 0.278 e. The van der Waals surface area contributed by atoms with Crippen molar-refractivity contribution in [3.63, 3.8) is 0 Å². The van der Waals surface area contributed by atoms with E-state index in [0.717, 1.165) is 0 Å². The molecule has 2 aromatic rings. The monoisotopic (exact) mass is 226 g/mol. The highest BCUT2D eigenvalue weighted by atomic mass is 16.6. The first-order valence-corrected chi connectivity index (χ1v) is 4.71. The molecular weight excluding hydrogens is 220 g/mol. The molecule has 0 atom stereocenters. The molecule has 0 aliphatic carbocycles. The Kier molecular flexibility index (Phi) is 2.79. The number of aldehydes is 1. The van der Waals surface area contributed by atoms with Gasteiger partial charge in [0.2, 0.25) is 0 Å². The largest absolute Gasteiger partial charge is 0.289 e. The number of fused-ring (bicyclic) bond motifs is 1. The van der Waals surface area contributed by atoms with Gasteiger partial charge in [-0.25, -0.2) is 0 Å². The molecular formula is C12H6N2O3. The summed E-state index contributed by atoms with van der Waals surface area (Å²) in [5.41, 5.74) is 0.902. The molecule has 5 nitrogen and oxygen atoms in total. The Balaban J connectivity index is 2.79. The first-order chi connectivity index (χ1) is 8.24. The molecule has 1 aromatic carbocycles. The highest BCUT2D eigenvalue weighted by Gasteiger charge is 2.13. The number of non-ortho nitro benzene ring substituents is 1. The first kappa shape index (κ1) is 10.8. The van der Waals surface area contributed by atoms with Crippen molar-refractivity contribution < 1.29 is 9.72 Å². The third-order valence-electron chi connectivity index (χ3n) is 2.21. The summed E-state index contributed by atoms with van der Waals surface area (Å²) in [5.74, 6) is 4.87. The van der Waals surface area contributed by atoms with Crippen LogP contribution in [0.3, 0.4) is 0 Å². The highest BCUT2D eigenvalue weighted by molar-refractivity contribution is 5.92. The summed E-state index contributed by atoms with van der Waals surface area (Å²) >= 11 is 0. The van der Waals surface area contributed by atoms with E-state index in [1.54, 1.807) is 12.1 Å². The average Bonchev–Trinajstić information content (AvgIpc) is 2.35. The van der Waals surface area contributed by atoms with Crippen molar-refractivity contribution in [1.82, 2.24) is 4.98 Å². The standard InChI is InChI=1S/C12H6N2O3/c15-8-2-3-9-5-6-11(14(16)17)10-4-1-7-13-12(9)10/h1,4-8H. The summed E-state index contributed by atoms with van der Waals surface area (Å²) in [7, 11) is 0. The fourth-order valence-electron chi connectivity index (χ4n) is 1.52. The Bertz CT molecular complexity index is 668. The minimum absolute atomic E-state index is 0.0234. The van der Waals surface area contributed by atoms with E-state index in [0.29, 0.717) is 22.8 Å². The highest BCUT2D eigenvalue weighted by Crippen LogP contribution is 2.26. The minimum Gasteiger partial charge on any atom is -0.289 e. The van der Waals surface area contributed by atoms with E-state index in [9.17, 15) is 14.9 Å². The molecule has 0 aliphatic rings. The van der Waals surface area contributed by atoms with E-state index in [1.165, 1.54) is 18.3 Å². The Morgan fingerprint density at radius 2 is 2.18 bits per heavy atom. The Morgan fingerprint density at radius 3 is 2.88 bits per heavy atom. The van der Waals surface area contributed by atoms with Crippen molar-refractivity contribution in [1.29, 1.82) is 0 Å². The number of rotatable bonds is 1. The van der Waals surface area contributed by atoms with Crippen LogP contribution in [0.4, 0.5) is 5.69 Å². The lowest BCUT2D eigenvalue weighted by molar-refractivity contribution is -0.383. The van der Waals surface area contributed by atoms with E-state index in [-0.39, 0.29) is 5.69 Å². The maximum absolute atomic E-state index is 10.8. The summed E-state index contributed by atoms with van der Waals surface area (Å²) in [6.45, 7) is 0. The Hall–Kier alpha value is -2.74. The minimum atomic E-state index is -0.471. The van der Waals surface area contributed by atoms with Crippen LogP contribution >= 0.6 is 0 Å². The van der Waals surface area contributed by atoms with Crippen LogP contribution in [-0.4, -0.2) is 16.2 Å². The normalized spacial score (nSPS) is 9.41. The van der Waals surface area contributed by atoms with Crippen molar-refractivity contribution in [3.05, 3.63) is 46.1 Å². The molecule has 5 heteroatoms. The van der Waals surface area contributed by atoms with Gasteiger partial charge in [-0.15, -0.1) is 0 Å². The van der Waals surface area contributed by atoms with Gasteiger partial charge in [-0.3, -0.25) is 19.9 Å². The number of hydrogen-bond acceptors (Lipinski definition) is 4. The number of hydrogen-bond donors (Lipinski definition) is 0. The quantitative estimate of drug-likeness (QED) is 0.321.